The summed E-state index contributed by atoms with van der Waals surface area (Å²) in [6.07, 6.45) is 1.91. The first-order valence-corrected chi connectivity index (χ1v) is 8.56. The summed E-state index contributed by atoms with van der Waals surface area (Å²) < 4.78 is 5.14. The number of hydrogen-bond donors (Lipinski definition) is 1. The molecule has 6 nitrogen and oxygen atoms in total. The van der Waals surface area contributed by atoms with E-state index in [1.165, 1.54) is 0 Å². The van der Waals surface area contributed by atoms with Crippen LogP contribution in [0.4, 0.5) is 0 Å². The average Bonchev–Trinajstić information content (AvgIpc) is 2.62. The lowest BCUT2D eigenvalue weighted by Crippen LogP contribution is -2.57. The van der Waals surface area contributed by atoms with Crippen LogP contribution in [0.2, 0.25) is 0 Å². The van der Waals surface area contributed by atoms with Gasteiger partial charge in [-0.15, -0.1) is 0 Å². The Morgan fingerprint density at radius 2 is 2.25 bits per heavy atom. The molecule has 1 unspecified atom stereocenters. The lowest BCUT2D eigenvalue weighted by molar-refractivity contribution is -0.135. The third-order valence-electron chi connectivity index (χ3n) is 4.74. The van der Waals surface area contributed by atoms with E-state index in [9.17, 15) is 9.59 Å². The molecular weight excluding hydrogens is 306 g/mol. The molecule has 130 valence electrons. The zero-order valence-corrected chi connectivity index (χ0v) is 14.2. The molecule has 2 heterocycles. The SMILES string of the molecule is COCc1cccc(C(=O)N2CCCC(N3CCNCC3=O)C2)c1. The zero-order valence-electron chi connectivity index (χ0n) is 14.2. The first-order valence-electron chi connectivity index (χ1n) is 8.56. The van der Waals surface area contributed by atoms with E-state index >= 15 is 0 Å². The minimum atomic E-state index is 0.0419. The van der Waals surface area contributed by atoms with Crippen molar-refractivity contribution in [1.29, 1.82) is 0 Å². The number of carbonyl (C=O) groups excluding carboxylic acids is 2. The van der Waals surface area contributed by atoms with Crippen molar-refractivity contribution in [1.82, 2.24) is 15.1 Å². The van der Waals surface area contributed by atoms with E-state index in [4.69, 9.17) is 4.74 Å². The maximum atomic E-state index is 12.8. The van der Waals surface area contributed by atoms with Gasteiger partial charge in [0.2, 0.25) is 5.91 Å². The minimum absolute atomic E-state index is 0.0419. The Labute approximate surface area is 142 Å². The van der Waals surface area contributed by atoms with Gasteiger partial charge in [0.15, 0.2) is 0 Å². The number of nitrogens with zero attached hydrogens (tertiary/aromatic N) is 2. The van der Waals surface area contributed by atoms with Crippen molar-refractivity contribution in [3.63, 3.8) is 0 Å². The fraction of sp³-hybridized carbons (Fsp3) is 0.556. The van der Waals surface area contributed by atoms with Gasteiger partial charge in [-0.1, -0.05) is 12.1 Å². The lowest BCUT2D eigenvalue weighted by Gasteiger charge is -2.41. The molecule has 0 spiro atoms. The van der Waals surface area contributed by atoms with Crippen LogP contribution in [0.25, 0.3) is 0 Å². The van der Waals surface area contributed by atoms with Gasteiger partial charge in [-0.05, 0) is 30.5 Å². The first-order chi connectivity index (χ1) is 11.7. The van der Waals surface area contributed by atoms with Crippen LogP contribution in [0.1, 0.15) is 28.8 Å². The molecule has 2 saturated heterocycles. The van der Waals surface area contributed by atoms with E-state index in [2.05, 4.69) is 5.32 Å². The van der Waals surface area contributed by atoms with Crippen molar-refractivity contribution in [3.05, 3.63) is 35.4 Å². The second-order valence-corrected chi connectivity index (χ2v) is 6.44. The van der Waals surface area contributed by atoms with Crippen molar-refractivity contribution in [2.45, 2.75) is 25.5 Å². The number of carbonyl (C=O) groups is 2. The fourth-order valence-electron chi connectivity index (χ4n) is 3.54. The molecule has 0 aromatic heterocycles. The molecule has 1 atom stereocenters. The van der Waals surface area contributed by atoms with E-state index in [0.29, 0.717) is 25.3 Å². The molecule has 3 rings (SSSR count). The number of nitrogens with one attached hydrogen (secondary N) is 1. The third-order valence-corrected chi connectivity index (χ3v) is 4.74. The van der Waals surface area contributed by atoms with E-state index in [-0.39, 0.29) is 17.9 Å². The highest BCUT2D eigenvalue weighted by Crippen LogP contribution is 2.19. The molecule has 0 bridgehead atoms. The average molecular weight is 331 g/mol. The summed E-state index contributed by atoms with van der Waals surface area (Å²) in [5.41, 5.74) is 1.69. The van der Waals surface area contributed by atoms with E-state index in [1.807, 2.05) is 34.1 Å². The van der Waals surface area contributed by atoms with Gasteiger partial charge < -0.3 is 19.9 Å². The van der Waals surface area contributed by atoms with Crippen LogP contribution < -0.4 is 5.32 Å². The monoisotopic (exact) mass is 331 g/mol. The van der Waals surface area contributed by atoms with Crippen molar-refractivity contribution in [2.24, 2.45) is 0 Å². The zero-order chi connectivity index (χ0) is 16.9. The summed E-state index contributed by atoms with van der Waals surface area (Å²) >= 11 is 0. The van der Waals surface area contributed by atoms with Gasteiger partial charge in [0, 0.05) is 44.9 Å². The highest BCUT2D eigenvalue weighted by Gasteiger charge is 2.31. The number of piperidine rings is 1. The lowest BCUT2D eigenvalue weighted by atomic mass is 10.0. The third kappa shape index (κ3) is 3.76. The summed E-state index contributed by atoms with van der Waals surface area (Å²) in [5, 5.41) is 3.10. The molecule has 1 aromatic rings. The molecule has 0 saturated carbocycles. The molecule has 2 aliphatic rings. The molecule has 2 amide bonds. The Morgan fingerprint density at radius 3 is 3.04 bits per heavy atom. The molecule has 6 heteroatoms. The minimum Gasteiger partial charge on any atom is -0.380 e. The standard InChI is InChI=1S/C18H25N3O3/c1-24-13-14-4-2-5-15(10-14)18(23)20-8-3-6-16(12-20)21-9-7-19-11-17(21)22/h2,4-5,10,16,19H,3,6-9,11-13H2,1H3. The summed E-state index contributed by atoms with van der Waals surface area (Å²) in [7, 11) is 1.65. The van der Waals surface area contributed by atoms with Crippen LogP contribution in [0.15, 0.2) is 24.3 Å². The highest BCUT2D eigenvalue weighted by atomic mass is 16.5. The van der Waals surface area contributed by atoms with E-state index in [1.54, 1.807) is 7.11 Å². The molecule has 24 heavy (non-hydrogen) atoms. The Balaban J connectivity index is 1.68. The van der Waals surface area contributed by atoms with Gasteiger partial charge in [0.25, 0.3) is 5.91 Å². The van der Waals surface area contributed by atoms with Crippen molar-refractivity contribution in [2.75, 3.05) is 39.8 Å². The van der Waals surface area contributed by atoms with Crippen molar-refractivity contribution < 1.29 is 14.3 Å². The molecule has 0 radical (unpaired) electrons. The van der Waals surface area contributed by atoms with Crippen LogP contribution in [0.3, 0.4) is 0 Å². The maximum absolute atomic E-state index is 12.8. The van der Waals surface area contributed by atoms with Crippen LogP contribution in [0.5, 0.6) is 0 Å². The van der Waals surface area contributed by atoms with Gasteiger partial charge in [-0.2, -0.15) is 0 Å². The smallest absolute Gasteiger partial charge is 0.253 e. The summed E-state index contributed by atoms with van der Waals surface area (Å²) in [4.78, 5) is 28.8. The molecule has 2 aliphatic heterocycles. The number of ether oxygens (including phenoxy) is 1. The fourth-order valence-corrected chi connectivity index (χ4v) is 3.54. The summed E-state index contributed by atoms with van der Waals surface area (Å²) in [5.74, 6) is 0.183. The molecule has 0 aliphatic carbocycles. The Morgan fingerprint density at radius 1 is 1.38 bits per heavy atom. The Hall–Kier alpha value is -1.92. The van der Waals surface area contributed by atoms with Gasteiger partial charge in [0.1, 0.15) is 0 Å². The number of piperazine rings is 1. The summed E-state index contributed by atoms with van der Waals surface area (Å²) in [6, 6.07) is 7.73. The quantitative estimate of drug-likeness (QED) is 0.889. The Kier molecular flexibility index (Phi) is 5.48. The van der Waals surface area contributed by atoms with E-state index < -0.39 is 0 Å². The number of hydrogen-bond acceptors (Lipinski definition) is 4. The largest absolute Gasteiger partial charge is 0.380 e. The predicted octanol–water partition coefficient (Wildman–Crippen LogP) is 0.869. The normalized spacial score (nSPS) is 21.9. The first kappa shape index (κ1) is 16.9. The van der Waals surface area contributed by atoms with Gasteiger partial charge >= 0.3 is 0 Å². The second kappa shape index (κ2) is 7.77. The number of likely N-dealkylation sites (tertiary alicyclic amines) is 1. The topological polar surface area (TPSA) is 61.9 Å². The predicted molar refractivity (Wildman–Crippen MR) is 90.7 cm³/mol. The molecule has 1 aromatic carbocycles. The van der Waals surface area contributed by atoms with Crippen molar-refractivity contribution in [3.8, 4) is 0 Å². The molecule has 1 N–H and O–H groups in total. The molecular formula is C18H25N3O3. The Bertz CT molecular complexity index is 605. The highest BCUT2D eigenvalue weighted by molar-refractivity contribution is 5.94. The van der Waals surface area contributed by atoms with Crippen molar-refractivity contribution >= 4 is 11.8 Å². The van der Waals surface area contributed by atoms with Gasteiger partial charge in [-0.25, -0.2) is 0 Å². The molecule has 2 fully saturated rings. The van der Waals surface area contributed by atoms with E-state index in [0.717, 1.165) is 38.0 Å². The van der Waals surface area contributed by atoms with Gasteiger partial charge in [-0.3, -0.25) is 9.59 Å². The summed E-state index contributed by atoms with van der Waals surface area (Å²) in [6.45, 7) is 3.84. The van der Waals surface area contributed by atoms with Crippen LogP contribution in [-0.2, 0) is 16.1 Å². The number of benzene rings is 1. The number of methoxy groups -OCH3 is 1. The van der Waals surface area contributed by atoms with Crippen LogP contribution in [0, 0.1) is 0 Å². The maximum Gasteiger partial charge on any atom is 0.253 e. The second-order valence-electron chi connectivity index (χ2n) is 6.44. The van der Waals surface area contributed by atoms with Crippen LogP contribution >= 0.6 is 0 Å². The van der Waals surface area contributed by atoms with Gasteiger partial charge in [0.05, 0.1) is 13.2 Å². The number of amides is 2. The van der Waals surface area contributed by atoms with Crippen LogP contribution in [-0.4, -0.2) is 67.5 Å². The number of rotatable bonds is 4.